The Bertz CT molecular complexity index is 1120. The van der Waals surface area contributed by atoms with Gasteiger partial charge in [0, 0.05) is 12.6 Å². The van der Waals surface area contributed by atoms with Crippen molar-refractivity contribution in [1.82, 2.24) is 14.9 Å². The van der Waals surface area contributed by atoms with Crippen molar-refractivity contribution in [1.29, 1.82) is 0 Å². The van der Waals surface area contributed by atoms with E-state index < -0.39 is 0 Å². The van der Waals surface area contributed by atoms with Crippen LogP contribution in [0.25, 0.3) is 10.9 Å². The molecule has 2 N–H and O–H groups in total. The van der Waals surface area contributed by atoms with Gasteiger partial charge < -0.3 is 10.3 Å². The molecule has 0 spiro atoms. The first-order chi connectivity index (χ1) is 12.8. The number of amides is 1. The molecule has 7 heteroatoms. The normalized spacial score (nSPS) is 12.3. The minimum absolute atomic E-state index is 0.109. The van der Waals surface area contributed by atoms with Gasteiger partial charge in [-0.3, -0.25) is 14.2 Å². The van der Waals surface area contributed by atoms with Crippen LogP contribution in [0.1, 0.15) is 35.8 Å². The molecule has 140 valence electrons. The highest BCUT2D eigenvalue weighted by Crippen LogP contribution is 2.23. The second-order valence-electron chi connectivity index (χ2n) is 6.80. The second kappa shape index (κ2) is 7.44. The van der Waals surface area contributed by atoms with Crippen LogP contribution >= 0.6 is 12.2 Å². The van der Waals surface area contributed by atoms with Crippen LogP contribution in [-0.4, -0.2) is 15.5 Å². The predicted octanol–water partition coefficient (Wildman–Crippen LogP) is 3.86. The average Bonchev–Trinajstić information content (AvgIpc) is 2.64. The second-order valence-corrected chi connectivity index (χ2v) is 7.19. The van der Waals surface area contributed by atoms with Gasteiger partial charge in [0.15, 0.2) is 4.77 Å². The predicted molar refractivity (Wildman–Crippen MR) is 106 cm³/mol. The molecule has 0 aliphatic heterocycles. The maximum absolute atomic E-state index is 13.2. The monoisotopic (exact) mass is 385 g/mol. The smallest absolute Gasteiger partial charge is 0.261 e. The van der Waals surface area contributed by atoms with Crippen LogP contribution in [0.4, 0.5) is 4.39 Å². The third-order valence-electron chi connectivity index (χ3n) is 4.55. The zero-order valence-electron chi connectivity index (χ0n) is 15.2. The number of H-pyrrole nitrogens is 1. The number of aromatic amines is 1. The molecule has 3 rings (SSSR count). The quantitative estimate of drug-likeness (QED) is 0.670. The zero-order chi connectivity index (χ0) is 19.7. The summed E-state index contributed by atoms with van der Waals surface area (Å²) in [5, 5.41) is 3.45. The fourth-order valence-electron chi connectivity index (χ4n) is 2.98. The molecule has 27 heavy (non-hydrogen) atoms. The number of carbonyl (C=O) groups is 1. The maximum atomic E-state index is 13.2. The standard InChI is InChI=1S/C20H20FN3O2S/c1-11(2)17(12-4-7-14(21)8-5-12)23-18(25)13-6-9-15-16(10-13)22-20(27)24(3)19(15)26/h4-11,17H,1-3H3,(H,22,27)(H,23,25). The number of hydrogen-bond donors (Lipinski definition) is 2. The number of nitrogens with zero attached hydrogens (tertiary/aromatic N) is 1. The van der Waals surface area contributed by atoms with E-state index in [9.17, 15) is 14.0 Å². The number of hydrogen-bond acceptors (Lipinski definition) is 3. The Morgan fingerprint density at radius 1 is 1.19 bits per heavy atom. The number of fused-ring (bicyclic) bond motifs is 1. The maximum Gasteiger partial charge on any atom is 0.261 e. The van der Waals surface area contributed by atoms with Crippen molar-refractivity contribution in [3.8, 4) is 0 Å². The van der Waals surface area contributed by atoms with Crippen molar-refractivity contribution in [3.63, 3.8) is 0 Å². The lowest BCUT2D eigenvalue weighted by Crippen LogP contribution is -2.31. The summed E-state index contributed by atoms with van der Waals surface area (Å²) in [6, 6.07) is 10.7. The van der Waals surface area contributed by atoms with Crippen molar-refractivity contribution < 1.29 is 9.18 Å². The minimum atomic E-state index is -0.320. The summed E-state index contributed by atoms with van der Waals surface area (Å²) in [4.78, 5) is 28.0. The Kier molecular flexibility index (Phi) is 5.23. The molecule has 1 aromatic heterocycles. The van der Waals surface area contributed by atoms with Crippen LogP contribution in [-0.2, 0) is 7.05 Å². The Morgan fingerprint density at radius 2 is 1.85 bits per heavy atom. The molecule has 0 saturated heterocycles. The zero-order valence-corrected chi connectivity index (χ0v) is 16.1. The first-order valence-electron chi connectivity index (χ1n) is 8.57. The van der Waals surface area contributed by atoms with Crippen LogP contribution in [0.3, 0.4) is 0 Å². The first kappa shape index (κ1) is 19.0. The van der Waals surface area contributed by atoms with Crippen LogP contribution in [0.2, 0.25) is 0 Å². The first-order valence-corrected chi connectivity index (χ1v) is 8.98. The number of nitrogens with one attached hydrogen (secondary N) is 2. The molecular formula is C20H20FN3O2S. The number of halogens is 1. The summed E-state index contributed by atoms with van der Waals surface area (Å²) in [5.74, 6) is -0.489. The highest BCUT2D eigenvalue weighted by atomic mass is 32.1. The van der Waals surface area contributed by atoms with Crippen molar-refractivity contribution in [2.75, 3.05) is 0 Å². The highest BCUT2D eigenvalue weighted by molar-refractivity contribution is 7.71. The summed E-state index contributed by atoms with van der Waals surface area (Å²) >= 11 is 5.13. The van der Waals surface area contributed by atoms with Crippen LogP contribution in [0, 0.1) is 16.5 Å². The van der Waals surface area contributed by atoms with E-state index in [4.69, 9.17) is 12.2 Å². The highest BCUT2D eigenvalue weighted by Gasteiger charge is 2.19. The van der Waals surface area contributed by atoms with E-state index in [2.05, 4.69) is 10.3 Å². The number of rotatable bonds is 4. The minimum Gasteiger partial charge on any atom is -0.345 e. The van der Waals surface area contributed by atoms with Gasteiger partial charge in [-0.15, -0.1) is 0 Å². The molecule has 1 amide bonds. The van der Waals surface area contributed by atoms with Crippen molar-refractivity contribution >= 4 is 29.0 Å². The van der Waals surface area contributed by atoms with Crippen LogP contribution in [0.15, 0.2) is 47.3 Å². The molecular weight excluding hydrogens is 365 g/mol. The van der Waals surface area contributed by atoms with E-state index in [1.807, 2.05) is 13.8 Å². The summed E-state index contributed by atoms with van der Waals surface area (Å²) in [6.45, 7) is 3.96. The summed E-state index contributed by atoms with van der Waals surface area (Å²) in [6.07, 6.45) is 0. The van der Waals surface area contributed by atoms with Crippen molar-refractivity contribution in [2.24, 2.45) is 13.0 Å². The third kappa shape index (κ3) is 3.83. The van der Waals surface area contributed by atoms with Gasteiger partial charge in [-0.2, -0.15) is 0 Å². The van der Waals surface area contributed by atoms with E-state index in [1.165, 1.54) is 16.7 Å². The Hall–Kier alpha value is -2.80. The Labute approximate surface area is 160 Å². The molecule has 0 aliphatic carbocycles. The van der Waals surface area contributed by atoms with Gasteiger partial charge in [0.2, 0.25) is 0 Å². The molecule has 0 fully saturated rings. The van der Waals surface area contributed by atoms with Gasteiger partial charge in [-0.25, -0.2) is 4.39 Å². The number of aromatic nitrogens is 2. The van der Waals surface area contributed by atoms with Gasteiger partial charge in [-0.1, -0.05) is 26.0 Å². The van der Waals surface area contributed by atoms with Crippen molar-refractivity contribution in [3.05, 3.63) is 74.5 Å². The molecule has 1 atom stereocenters. The van der Waals surface area contributed by atoms with Gasteiger partial charge >= 0.3 is 0 Å². The molecule has 1 unspecified atom stereocenters. The molecule has 2 aromatic carbocycles. The van der Waals surface area contributed by atoms with E-state index in [-0.39, 0.29) is 34.0 Å². The fourth-order valence-corrected chi connectivity index (χ4v) is 3.17. The van der Waals surface area contributed by atoms with E-state index in [1.54, 1.807) is 37.4 Å². The van der Waals surface area contributed by atoms with Crippen LogP contribution in [0.5, 0.6) is 0 Å². The fraction of sp³-hybridized carbons (Fsp3) is 0.250. The largest absolute Gasteiger partial charge is 0.345 e. The molecule has 3 aromatic rings. The van der Waals surface area contributed by atoms with E-state index >= 15 is 0 Å². The third-order valence-corrected chi connectivity index (χ3v) is 4.92. The number of benzene rings is 2. The molecule has 0 saturated carbocycles. The van der Waals surface area contributed by atoms with Gasteiger partial charge in [0.25, 0.3) is 11.5 Å². The topological polar surface area (TPSA) is 66.9 Å². The van der Waals surface area contributed by atoms with E-state index in [0.29, 0.717) is 16.5 Å². The van der Waals surface area contributed by atoms with Crippen molar-refractivity contribution in [2.45, 2.75) is 19.9 Å². The Balaban J connectivity index is 1.94. The van der Waals surface area contributed by atoms with E-state index in [0.717, 1.165) is 5.56 Å². The molecule has 0 bridgehead atoms. The Morgan fingerprint density at radius 3 is 2.48 bits per heavy atom. The molecule has 1 heterocycles. The molecule has 0 aliphatic rings. The lowest BCUT2D eigenvalue weighted by molar-refractivity contribution is 0.0925. The lowest BCUT2D eigenvalue weighted by atomic mass is 9.95. The lowest BCUT2D eigenvalue weighted by Gasteiger charge is -2.23. The number of carbonyl (C=O) groups excluding carboxylic acids is 1. The molecule has 5 nitrogen and oxygen atoms in total. The summed E-state index contributed by atoms with van der Waals surface area (Å²) in [7, 11) is 1.59. The SMILES string of the molecule is CC(C)C(NC(=O)c1ccc2c(=O)n(C)c(=S)[nH]c2c1)c1ccc(F)cc1. The summed E-state index contributed by atoms with van der Waals surface area (Å²) in [5.41, 5.74) is 1.54. The molecule has 0 radical (unpaired) electrons. The van der Waals surface area contributed by atoms with Gasteiger partial charge in [0.05, 0.1) is 16.9 Å². The van der Waals surface area contributed by atoms with Crippen LogP contribution < -0.4 is 10.9 Å². The van der Waals surface area contributed by atoms with Gasteiger partial charge in [0.1, 0.15) is 5.82 Å². The summed E-state index contributed by atoms with van der Waals surface area (Å²) < 4.78 is 14.8. The van der Waals surface area contributed by atoms with Gasteiger partial charge in [-0.05, 0) is 54.0 Å². The average molecular weight is 385 g/mol.